The van der Waals surface area contributed by atoms with Crippen molar-refractivity contribution in [2.45, 2.75) is 0 Å². The maximum absolute atomic E-state index is 14.3. The number of aromatic nitrogens is 2. The van der Waals surface area contributed by atoms with Crippen molar-refractivity contribution in [1.29, 1.82) is 0 Å². The van der Waals surface area contributed by atoms with Crippen molar-refractivity contribution in [2.75, 3.05) is 5.32 Å². The lowest BCUT2D eigenvalue weighted by atomic mass is 10.2. The molecular formula is C17H12ClFIN3O5. The van der Waals surface area contributed by atoms with Gasteiger partial charge >= 0.3 is 6.16 Å². The average Bonchev–Trinajstić information content (AvgIpc) is 2.61. The Balaban J connectivity index is 2.40. The summed E-state index contributed by atoms with van der Waals surface area (Å²) >= 11 is 8.10. The predicted octanol–water partition coefficient (Wildman–Crippen LogP) is 3.43. The molecule has 1 aromatic carbocycles. The first-order valence-electron chi connectivity index (χ1n) is 7.66. The SMILES string of the molecule is Cn1cc(OC(=O)O)c(=O)c2c(Nc3ccc(I)cc3F)c(Cl)c(=O)n(C)c21. The number of aryl methyl sites for hydroxylation is 2. The van der Waals surface area contributed by atoms with Crippen LogP contribution < -0.4 is 21.0 Å². The van der Waals surface area contributed by atoms with E-state index in [9.17, 15) is 18.8 Å². The lowest BCUT2D eigenvalue weighted by Crippen LogP contribution is -2.25. The Morgan fingerprint density at radius 2 is 2.00 bits per heavy atom. The van der Waals surface area contributed by atoms with Crippen LogP contribution in [0, 0.1) is 9.39 Å². The van der Waals surface area contributed by atoms with E-state index in [4.69, 9.17) is 16.7 Å². The van der Waals surface area contributed by atoms with Crippen molar-refractivity contribution >= 4 is 62.8 Å². The van der Waals surface area contributed by atoms with E-state index in [1.165, 1.54) is 30.8 Å². The molecule has 0 radical (unpaired) electrons. The van der Waals surface area contributed by atoms with Gasteiger partial charge < -0.3 is 19.7 Å². The smallest absolute Gasteiger partial charge is 0.449 e. The Bertz CT molecular complexity index is 1250. The second-order valence-corrected chi connectivity index (χ2v) is 7.43. The summed E-state index contributed by atoms with van der Waals surface area (Å²) in [6.07, 6.45) is -0.535. The second-order valence-electron chi connectivity index (χ2n) is 5.80. The topological polar surface area (TPSA) is 103 Å². The lowest BCUT2D eigenvalue weighted by molar-refractivity contribution is 0.144. The van der Waals surface area contributed by atoms with Crippen molar-refractivity contribution < 1.29 is 19.0 Å². The number of benzene rings is 1. The van der Waals surface area contributed by atoms with Gasteiger partial charge in [-0.1, -0.05) is 11.6 Å². The molecule has 0 saturated heterocycles. The number of ether oxygens (including phenoxy) is 1. The zero-order valence-corrected chi connectivity index (χ0v) is 17.3. The van der Waals surface area contributed by atoms with Crippen LogP contribution in [0.4, 0.5) is 20.6 Å². The molecule has 28 heavy (non-hydrogen) atoms. The van der Waals surface area contributed by atoms with E-state index in [0.29, 0.717) is 3.57 Å². The summed E-state index contributed by atoms with van der Waals surface area (Å²) in [7, 11) is 2.90. The molecule has 0 saturated carbocycles. The first-order chi connectivity index (χ1) is 13.1. The zero-order valence-electron chi connectivity index (χ0n) is 14.4. The molecule has 3 rings (SSSR count). The normalized spacial score (nSPS) is 10.9. The van der Waals surface area contributed by atoms with Gasteiger partial charge in [0, 0.05) is 17.7 Å². The van der Waals surface area contributed by atoms with Crippen LogP contribution in [0.1, 0.15) is 0 Å². The average molecular weight is 520 g/mol. The molecule has 0 fully saturated rings. The molecule has 0 spiro atoms. The van der Waals surface area contributed by atoms with Crippen molar-refractivity contribution in [3.63, 3.8) is 0 Å². The predicted molar refractivity (Wildman–Crippen MR) is 110 cm³/mol. The second kappa shape index (κ2) is 7.43. The fourth-order valence-electron chi connectivity index (χ4n) is 2.80. The van der Waals surface area contributed by atoms with Crippen molar-refractivity contribution in [3.05, 3.63) is 59.4 Å². The van der Waals surface area contributed by atoms with Crippen LogP contribution in [0.5, 0.6) is 5.75 Å². The Morgan fingerprint density at radius 3 is 2.61 bits per heavy atom. The van der Waals surface area contributed by atoms with Gasteiger partial charge in [0.2, 0.25) is 5.43 Å². The molecule has 3 aromatic rings. The Kier molecular flexibility index (Phi) is 5.35. The summed E-state index contributed by atoms with van der Waals surface area (Å²) in [6, 6.07) is 4.32. The van der Waals surface area contributed by atoms with E-state index in [1.54, 1.807) is 6.07 Å². The molecule has 2 N–H and O–H groups in total. The first-order valence-corrected chi connectivity index (χ1v) is 9.12. The minimum Gasteiger partial charge on any atom is -0.449 e. The molecule has 8 nitrogen and oxygen atoms in total. The Hall–Kier alpha value is -2.60. The lowest BCUT2D eigenvalue weighted by Gasteiger charge is -2.17. The number of fused-ring (bicyclic) bond motifs is 1. The van der Waals surface area contributed by atoms with E-state index >= 15 is 0 Å². The van der Waals surface area contributed by atoms with Crippen LogP contribution in [0.2, 0.25) is 5.02 Å². The van der Waals surface area contributed by atoms with E-state index in [1.807, 2.05) is 22.6 Å². The number of carbonyl (C=O) groups is 1. The largest absolute Gasteiger partial charge is 0.511 e. The molecule has 0 unspecified atom stereocenters. The van der Waals surface area contributed by atoms with Gasteiger partial charge in [0.15, 0.2) is 5.75 Å². The number of anilines is 2. The van der Waals surface area contributed by atoms with Gasteiger partial charge in [0.05, 0.1) is 23.0 Å². The fourth-order valence-corrected chi connectivity index (χ4v) is 3.52. The highest BCUT2D eigenvalue weighted by molar-refractivity contribution is 14.1. The van der Waals surface area contributed by atoms with Gasteiger partial charge in [-0.05, 0) is 40.8 Å². The van der Waals surface area contributed by atoms with Crippen LogP contribution in [0.25, 0.3) is 11.0 Å². The van der Waals surface area contributed by atoms with Crippen LogP contribution in [-0.2, 0) is 14.1 Å². The number of hydrogen-bond donors (Lipinski definition) is 2. The highest BCUT2D eigenvalue weighted by atomic mass is 127. The Morgan fingerprint density at radius 1 is 1.32 bits per heavy atom. The monoisotopic (exact) mass is 519 g/mol. The number of carboxylic acid groups (broad SMARTS) is 1. The van der Waals surface area contributed by atoms with Crippen molar-refractivity contribution in [3.8, 4) is 5.75 Å². The van der Waals surface area contributed by atoms with Crippen molar-refractivity contribution in [2.24, 2.45) is 14.1 Å². The quantitative estimate of drug-likeness (QED) is 0.406. The highest BCUT2D eigenvalue weighted by Gasteiger charge is 2.22. The van der Waals surface area contributed by atoms with E-state index < -0.39 is 28.7 Å². The summed E-state index contributed by atoms with van der Waals surface area (Å²) in [5, 5.41) is 11.1. The standard InChI is InChI=1S/C17H12ClFIN3O5/c1-22-6-10(28-17(26)27)14(24)11-13(12(18)16(25)23(2)15(11)22)21-9-4-3-7(20)5-8(9)19/h3-6,21H,1-2H3,(H,26,27). The number of pyridine rings is 2. The molecule has 0 atom stereocenters. The maximum atomic E-state index is 14.3. The summed E-state index contributed by atoms with van der Waals surface area (Å²) in [5.74, 6) is -1.10. The fraction of sp³-hybridized carbons (Fsp3) is 0.118. The molecular weight excluding hydrogens is 508 g/mol. The van der Waals surface area contributed by atoms with E-state index in [-0.39, 0.29) is 27.4 Å². The highest BCUT2D eigenvalue weighted by Crippen LogP contribution is 2.31. The van der Waals surface area contributed by atoms with Crippen LogP contribution in [-0.4, -0.2) is 20.4 Å². The van der Waals surface area contributed by atoms with Gasteiger partial charge in [-0.25, -0.2) is 9.18 Å². The van der Waals surface area contributed by atoms with Gasteiger partial charge in [-0.15, -0.1) is 0 Å². The molecule has 2 aromatic heterocycles. The van der Waals surface area contributed by atoms with Gasteiger partial charge in [0.1, 0.15) is 16.5 Å². The summed E-state index contributed by atoms with van der Waals surface area (Å²) in [5.41, 5.74) is -1.45. The molecule has 0 aliphatic rings. The third kappa shape index (κ3) is 3.44. The van der Waals surface area contributed by atoms with Crippen LogP contribution in [0.15, 0.2) is 34.0 Å². The van der Waals surface area contributed by atoms with E-state index in [0.717, 1.165) is 10.8 Å². The number of nitrogens with one attached hydrogen (secondary N) is 1. The molecule has 11 heteroatoms. The third-order valence-electron chi connectivity index (χ3n) is 3.99. The molecule has 0 aliphatic carbocycles. The minimum atomic E-state index is -1.68. The maximum Gasteiger partial charge on any atom is 0.511 e. The molecule has 0 aliphatic heterocycles. The zero-order chi connectivity index (χ0) is 20.7. The number of nitrogens with zero attached hydrogens (tertiary/aromatic N) is 2. The number of halogens is 3. The molecule has 146 valence electrons. The number of rotatable bonds is 3. The van der Waals surface area contributed by atoms with Crippen LogP contribution in [0.3, 0.4) is 0 Å². The summed E-state index contributed by atoms with van der Waals surface area (Å²) in [6.45, 7) is 0. The summed E-state index contributed by atoms with van der Waals surface area (Å²) < 4.78 is 22.0. The van der Waals surface area contributed by atoms with Crippen molar-refractivity contribution in [1.82, 2.24) is 9.13 Å². The molecule has 0 amide bonds. The minimum absolute atomic E-state index is 0.0107. The number of hydrogen-bond acceptors (Lipinski definition) is 5. The first kappa shape index (κ1) is 20.1. The van der Waals surface area contributed by atoms with Gasteiger partial charge in [-0.2, -0.15) is 0 Å². The molecule has 2 heterocycles. The third-order valence-corrected chi connectivity index (χ3v) is 5.01. The van der Waals surface area contributed by atoms with E-state index in [2.05, 4.69) is 10.1 Å². The van der Waals surface area contributed by atoms with Gasteiger partial charge in [0.25, 0.3) is 5.56 Å². The summed E-state index contributed by atoms with van der Waals surface area (Å²) in [4.78, 5) is 36.3. The van der Waals surface area contributed by atoms with Crippen LogP contribution >= 0.6 is 34.2 Å². The molecule has 0 bridgehead atoms. The van der Waals surface area contributed by atoms with Gasteiger partial charge in [-0.3, -0.25) is 14.2 Å². The Labute approximate surface area is 175 Å².